The molecule has 162 valence electrons. The number of hydrogen-bond acceptors (Lipinski definition) is 3. The summed E-state index contributed by atoms with van der Waals surface area (Å²) in [7, 11) is 0. The van der Waals surface area contributed by atoms with Crippen molar-refractivity contribution in [3.05, 3.63) is 67.0 Å². The van der Waals surface area contributed by atoms with Gasteiger partial charge in [0.1, 0.15) is 6.17 Å². The number of carboxylic acids is 1. The summed E-state index contributed by atoms with van der Waals surface area (Å²) in [5.74, 6) is -1.43. The number of carbonyl (C=O) groups is 1. The summed E-state index contributed by atoms with van der Waals surface area (Å²) in [6.45, 7) is 0.423. The van der Waals surface area contributed by atoms with Crippen LogP contribution in [0, 0.1) is 0 Å². The Morgan fingerprint density at radius 2 is 1.93 bits per heavy atom. The fourth-order valence-electron chi connectivity index (χ4n) is 3.38. The molecule has 30 heavy (non-hydrogen) atoms. The van der Waals surface area contributed by atoms with Crippen LogP contribution in [0.15, 0.2) is 39.7 Å². The number of benzene rings is 1. The Morgan fingerprint density at radius 3 is 2.47 bits per heavy atom. The number of hydrogen-bond donors (Lipinski definition) is 1. The summed E-state index contributed by atoms with van der Waals surface area (Å²) in [6.07, 6.45) is -4.99. The van der Waals surface area contributed by atoms with Crippen molar-refractivity contribution >= 4 is 33.5 Å². The molecule has 11 heteroatoms. The zero-order valence-electron chi connectivity index (χ0n) is 15.3. The number of aromatic nitrogens is 1. The van der Waals surface area contributed by atoms with Crippen molar-refractivity contribution in [3.63, 3.8) is 0 Å². The first-order chi connectivity index (χ1) is 14.0. The molecule has 0 radical (unpaired) electrons. The topological polar surface area (TPSA) is 62.5 Å². The quantitative estimate of drug-likeness (QED) is 0.592. The third kappa shape index (κ3) is 5.04. The van der Waals surface area contributed by atoms with Crippen LogP contribution >= 0.6 is 27.5 Å². The van der Waals surface area contributed by atoms with E-state index in [1.54, 1.807) is 4.90 Å². The van der Waals surface area contributed by atoms with E-state index < -0.39 is 35.5 Å². The van der Waals surface area contributed by atoms with Gasteiger partial charge in [0.05, 0.1) is 5.56 Å². The van der Waals surface area contributed by atoms with Gasteiger partial charge in [0.15, 0.2) is 6.04 Å². The van der Waals surface area contributed by atoms with Gasteiger partial charge in [0, 0.05) is 41.4 Å². The standard InChI is InChI=1S/C19H16BrClF4N2O3/c20-12-3-11(4-13(21)5-12)17(18(29)30)27-7-10(1-2-26-8-14(22)9-26)15(6-16(27)28)19(23,24)25/h3-7,14,17H,1-2,8-9H2,(H,29,30). The van der Waals surface area contributed by atoms with Gasteiger partial charge in [0.25, 0.3) is 5.56 Å². The van der Waals surface area contributed by atoms with E-state index in [1.807, 2.05) is 0 Å². The average Bonchev–Trinajstić information content (AvgIpc) is 2.57. The molecule has 1 fully saturated rings. The number of rotatable bonds is 6. The molecule has 0 aliphatic carbocycles. The van der Waals surface area contributed by atoms with Gasteiger partial charge >= 0.3 is 12.1 Å². The van der Waals surface area contributed by atoms with Crippen molar-refractivity contribution < 1.29 is 27.5 Å². The van der Waals surface area contributed by atoms with E-state index in [-0.39, 0.29) is 42.2 Å². The molecule has 1 saturated heterocycles. The Morgan fingerprint density at radius 1 is 1.27 bits per heavy atom. The molecule has 0 bridgehead atoms. The highest BCUT2D eigenvalue weighted by atomic mass is 79.9. The van der Waals surface area contributed by atoms with Gasteiger partial charge < -0.3 is 5.11 Å². The van der Waals surface area contributed by atoms with Gasteiger partial charge in [-0.25, -0.2) is 9.18 Å². The summed E-state index contributed by atoms with van der Waals surface area (Å²) in [5, 5.41) is 9.91. The second-order valence-corrected chi connectivity index (χ2v) is 8.36. The molecule has 1 aliphatic rings. The SMILES string of the molecule is O=C(O)C(c1cc(Cl)cc(Br)c1)n1cc(CCN2CC(F)C2)c(C(F)(F)F)cc1=O. The van der Waals surface area contributed by atoms with Gasteiger partial charge in [0.2, 0.25) is 0 Å². The van der Waals surface area contributed by atoms with Crippen LogP contribution in [0.25, 0.3) is 0 Å². The lowest BCUT2D eigenvalue weighted by Gasteiger charge is -2.34. The Balaban J connectivity index is 2.06. The minimum Gasteiger partial charge on any atom is -0.479 e. The summed E-state index contributed by atoms with van der Waals surface area (Å²) >= 11 is 9.15. The van der Waals surface area contributed by atoms with E-state index in [1.165, 1.54) is 18.2 Å². The summed E-state index contributed by atoms with van der Waals surface area (Å²) in [6, 6.07) is 3.09. The van der Waals surface area contributed by atoms with Crippen LogP contribution in [0.4, 0.5) is 17.6 Å². The minimum atomic E-state index is -4.79. The molecule has 0 saturated carbocycles. The highest BCUT2D eigenvalue weighted by Gasteiger charge is 2.36. The van der Waals surface area contributed by atoms with Gasteiger partial charge in [-0.2, -0.15) is 13.2 Å². The minimum absolute atomic E-state index is 0.118. The van der Waals surface area contributed by atoms with E-state index in [0.29, 0.717) is 10.5 Å². The first-order valence-electron chi connectivity index (χ1n) is 8.83. The Labute approximate surface area is 182 Å². The van der Waals surface area contributed by atoms with Crippen LogP contribution in [-0.2, 0) is 17.4 Å². The number of halogens is 6. The van der Waals surface area contributed by atoms with Gasteiger partial charge in [-0.15, -0.1) is 0 Å². The second kappa shape index (κ2) is 8.68. The third-order valence-corrected chi connectivity index (χ3v) is 5.47. The van der Waals surface area contributed by atoms with Crippen molar-refractivity contribution in [1.82, 2.24) is 9.47 Å². The Bertz CT molecular complexity index is 1000. The number of alkyl halides is 4. The molecule has 0 amide bonds. The van der Waals surface area contributed by atoms with E-state index in [4.69, 9.17) is 11.6 Å². The first-order valence-corrected chi connectivity index (χ1v) is 10.0. The van der Waals surface area contributed by atoms with Crippen LogP contribution < -0.4 is 5.56 Å². The molecule has 1 N–H and O–H groups in total. The third-order valence-electron chi connectivity index (χ3n) is 4.79. The predicted molar refractivity (Wildman–Crippen MR) is 106 cm³/mol. The van der Waals surface area contributed by atoms with Crippen LogP contribution in [0.3, 0.4) is 0 Å². The fourth-order valence-corrected chi connectivity index (χ4v) is 4.27. The van der Waals surface area contributed by atoms with Gasteiger partial charge in [-0.3, -0.25) is 14.3 Å². The molecule has 2 heterocycles. The maximum atomic E-state index is 13.5. The first kappa shape index (κ1) is 22.8. The van der Waals surface area contributed by atoms with Crippen molar-refractivity contribution in [2.75, 3.05) is 19.6 Å². The normalized spacial score (nSPS) is 16.3. The summed E-state index contributed by atoms with van der Waals surface area (Å²) < 4.78 is 54.6. The highest BCUT2D eigenvalue weighted by Crippen LogP contribution is 2.33. The van der Waals surface area contributed by atoms with Gasteiger partial charge in [-0.05, 0) is 35.7 Å². The maximum Gasteiger partial charge on any atom is 0.416 e. The molecule has 1 aromatic heterocycles. The number of aliphatic carboxylic acids is 1. The summed E-state index contributed by atoms with van der Waals surface area (Å²) in [5.41, 5.74) is -2.35. The molecular weight excluding hydrogens is 496 g/mol. The van der Waals surface area contributed by atoms with Gasteiger partial charge in [-0.1, -0.05) is 27.5 Å². The number of carboxylic acid groups (broad SMARTS) is 1. The Hall–Kier alpha value is -1.91. The maximum absolute atomic E-state index is 13.5. The number of likely N-dealkylation sites (tertiary alicyclic amines) is 1. The molecule has 1 aliphatic heterocycles. The van der Waals surface area contributed by atoms with Crippen molar-refractivity contribution in [2.24, 2.45) is 0 Å². The molecule has 1 atom stereocenters. The van der Waals surface area contributed by atoms with Crippen LogP contribution in [0.1, 0.15) is 22.7 Å². The lowest BCUT2D eigenvalue weighted by molar-refractivity contribution is -0.139. The predicted octanol–water partition coefficient (Wildman–Crippen LogP) is 4.15. The summed E-state index contributed by atoms with van der Waals surface area (Å²) in [4.78, 5) is 26.0. The monoisotopic (exact) mass is 510 g/mol. The molecular formula is C19H16BrClF4N2O3. The largest absolute Gasteiger partial charge is 0.479 e. The van der Waals surface area contributed by atoms with Crippen LogP contribution in [-0.4, -0.2) is 46.3 Å². The lowest BCUT2D eigenvalue weighted by atomic mass is 10.0. The van der Waals surface area contributed by atoms with E-state index in [9.17, 15) is 32.3 Å². The van der Waals surface area contributed by atoms with Crippen LogP contribution in [0.5, 0.6) is 0 Å². The second-order valence-electron chi connectivity index (χ2n) is 7.01. The molecule has 2 aromatic rings. The smallest absolute Gasteiger partial charge is 0.416 e. The number of nitrogens with zero attached hydrogens (tertiary/aromatic N) is 2. The highest BCUT2D eigenvalue weighted by molar-refractivity contribution is 9.10. The van der Waals surface area contributed by atoms with E-state index in [0.717, 1.165) is 10.8 Å². The molecule has 0 spiro atoms. The fraction of sp³-hybridized carbons (Fsp3) is 0.368. The average molecular weight is 512 g/mol. The molecule has 1 unspecified atom stereocenters. The van der Waals surface area contributed by atoms with Crippen molar-refractivity contribution in [2.45, 2.75) is 24.8 Å². The number of pyridine rings is 1. The lowest BCUT2D eigenvalue weighted by Crippen LogP contribution is -2.49. The van der Waals surface area contributed by atoms with Crippen molar-refractivity contribution in [1.29, 1.82) is 0 Å². The van der Waals surface area contributed by atoms with E-state index in [2.05, 4.69) is 15.9 Å². The molecule has 5 nitrogen and oxygen atoms in total. The zero-order chi connectivity index (χ0) is 22.2. The van der Waals surface area contributed by atoms with Crippen LogP contribution in [0.2, 0.25) is 5.02 Å². The molecule has 3 rings (SSSR count). The zero-order valence-corrected chi connectivity index (χ0v) is 17.6. The Kier molecular flexibility index (Phi) is 6.59. The van der Waals surface area contributed by atoms with Crippen molar-refractivity contribution in [3.8, 4) is 0 Å². The van der Waals surface area contributed by atoms with E-state index >= 15 is 0 Å². The molecule has 1 aromatic carbocycles.